The first-order valence-electron chi connectivity index (χ1n) is 6.25. The standard InChI is InChI=1S/C12H20N4O/c1-2-11-14-10(13)7-12(15-11)16-6-4-3-5-9(16)8-17/h7,9,17H,2-6,8H2,1H3,(H2,13,14,15). The summed E-state index contributed by atoms with van der Waals surface area (Å²) in [6.07, 6.45) is 4.10. The van der Waals surface area contributed by atoms with E-state index in [1.807, 2.05) is 6.92 Å². The Morgan fingerprint density at radius 1 is 1.47 bits per heavy atom. The van der Waals surface area contributed by atoms with Crippen LogP contribution in [0.4, 0.5) is 11.6 Å². The molecule has 2 rings (SSSR count). The predicted octanol–water partition coefficient (Wildman–Crippen LogP) is 0.972. The number of rotatable bonds is 3. The third-order valence-corrected chi connectivity index (χ3v) is 3.23. The number of aliphatic hydroxyl groups excluding tert-OH is 1. The van der Waals surface area contributed by atoms with Gasteiger partial charge in [-0.25, -0.2) is 9.97 Å². The van der Waals surface area contributed by atoms with Gasteiger partial charge in [0.05, 0.1) is 12.6 Å². The molecule has 17 heavy (non-hydrogen) atoms. The molecule has 1 aliphatic rings. The number of hydrogen-bond acceptors (Lipinski definition) is 5. The number of nitrogens with zero attached hydrogens (tertiary/aromatic N) is 3. The van der Waals surface area contributed by atoms with Crippen LogP contribution in [0.25, 0.3) is 0 Å². The Bertz CT molecular complexity index is 383. The van der Waals surface area contributed by atoms with E-state index in [1.165, 1.54) is 6.42 Å². The molecule has 1 aromatic rings. The minimum absolute atomic E-state index is 0.169. The van der Waals surface area contributed by atoms with Crippen LogP contribution in [-0.2, 0) is 6.42 Å². The van der Waals surface area contributed by atoms with Crippen molar-refractivity contribution in [3.8, 4) is 0 Å². The molecule has 1 saturated heterocycles. The number of aliphatic hydroxyl groups is 1. The maximum absolute atomic E-state index is 9.40. The second kappa shape index (κ2) is 5.31. The summed E-state index contributed by atoms with van der Waals surface area (Å²) < 4.78 is 0. The van der Waals surface area contributed by atoms with E-state index in [4.69, 9.17) is 5.73 Å². The van der Waals surface area contributed by atoms with Crippen LogP contribution in [0, 0.1) is 0 Å². The summed E-state index contributed by atoms with van der Waals surface area (Å²) in [5.41, 5.74) is 5.79. The van der Waals surface area contributed by atoms with Gasteiger partial charge in [-0.05, 0) is 19.3 Å². The highest BCUT2D eigenvalue weighted by Crippen LogP contribution is 2.24. The van der Waals surface area contributed by atoms with Gasteiger partial charge in [-0.15, -0.1) is 0 Å². The van der Waals surface area contributed by atoms with Crippen molar-refractivity contribution in [1.29, 1.82) is 0 Å². The Labute approximate surface area is 102 Å². The van der Waals surface area contributed by atoms with Crippen molar-refractivity contribution in [2.75, 3.05) is 23.8 Å². The Morgan fingerprint density at radius 2 is 2.29 bits per heavy atom. The lowest BCUT2D eigenvalue weighted by atomic mass is 10.0. The van der Waals surface area contributed by atoms with Gasteiger partial charge >= 0.3 is 0 Å². The van der Waals surface area contributed by atoms with E-state index in [9.17, 15) is 5.11 Å². The molecule has 5 heteroatoms. The summed E-state index contributed by atoms with van der Waals surface area (Å²) in [6.45, 7) is 3.12. The van der Waals surface area contributed by atoms with Gasteiger partial charge in [0.25, 0.3) is 0 Å². The fourth-order valence-electron chi connectivity index (χ4n) is 2.30. The normalized spacial score (nSPS) is 20.6. The third kappa shape index (κ3) is 2.66. The molecule has 0 aromatic carbocycles. The minimum Gasteiger partial charge on any atom is -0.394 e. The Morgan fingerprint density at radius 3 is 3.00 bits per heavy atom. The number of aromatic nitrogens is 2. The van der Waals surface area contributed by atoms with Gasteiger partial charge < -0.3 is 15.7 Å². The van der Waals surface area contributed by atoms with Crippen molar-refractivity contribution >= 4 is 11.6 Å². The summed E-state index contributed by atoms with van der Waals surface area (Å²) in [6, 6.07) is 1.97. The quantitative estimate of drug-likeness (QED) is 0.818. The molecule has 2 heterocycles. The highest BCUT2D eigenvalue weighted by atomic mass is 16.3. The van der Waals surface area contributed by atoms with E-state index in [0.717, 1.165) is 37.4 Å². The first kappa shape index (κ1) is 12.1. The lowest BCUT2D eigenvalue weighted by molar-refractivity contribution is 0.239. The second-order valence-electron chi connectivity index (χ2n) is 4.45. The SMILES string of the molecule is CCc1nc(N)cc(N2CCCCC2CO)n1. The molecule has 0 aliphatic carbocycles. The fraction of sp³-hybridized carbons (Fsp3) is 0.667. The minimum atomic E-state index is 0.169. The molecule has 1 fully saturated rings. The molecule has 5 nitrogen and oxygen atoms in total. The van der Waals surface area contributed by atoms with Crippen LogP contribution in [0.5, 0.6) is 0 Å². The highest BCUT2D eigenvalue weighted by molar-refractivity contribution is 5.48. The van der Waals surface area contributed by atoms with Gasteiger partial charge in [-0.3, -0.25) is 0 Å². The summed E-state index contributed by atoms with van der Waals surface area (Å²) in [5.74, 6) is 2.13. The van der Waals surface area contributed by atoms with E-state index in [2.05, 4.69) is 14.9 Å². The molecule has 0 bridgehead atoms. The maximum atomic E-state index is 9.40. The summed E-state index contributed by atoms with van der Waals surface area (Å²) in [4.78, 5) is 10.8. The van der Waals surface area contributed by atoms with E-state index < -0.39 is 0 Å². The third-order valence-electron chi connectivity index (χ3n) is 3.23. The Kier molecular flexibility index (Phi) is 3.78. The zero-order valence-electron chi connectivity index (χ0n) is 10.3. The number of piperidine rings is 1. The topological polar surface area (TPSA) is 75.3 Å². The van der Waals surface area contributed by atoms with Gasteiger partial charge in [0.15, 0.2) is 0 Å². The van der Waals surface area contributed by atoms with E-state index >= 15 is 0 Å². The number of aryl methyl sites for hydroxylation is 1. The van der Waals surface area contributed by atoms with Crippen molar-refractivity contribution in [1.82, 2.24) is 9.97 Å². The summed E-state index contributed by atoms with van der Waals surface area (Å²) >= 11 is 0. The molecule has 0 amide bonds. The van der Waals surface area contributed by atoms with Gasteiger partial charge in [-0.2, -0.15) is 0 Å². The van der Waals surface area contributed by atoms with Gasteiger partial charge in [-0.1, -0.05) is 6.92 Å². The molecule has 1 aromatic heterocycles. The molecule has 0 radical (unpaired) electrons. The maximum Gasteiger partial charge on any atom is 0.134 e. The van der Waals surface area contributed by atoms with Gasteiger partial charge in [0.1, 0.15) is 17.5 Å². The van der Waals surface area contributed by atoms with Crippen molar-refractivity contribution in [2.45, 2.75) is 38.6 Å². The molecule has 1 unspecified atom stereocenters. The molecule has 1 atom stereocenters. The van der Waals surface area contributed by atoms with Crippen LogP contribution in [0.3, 0.4) is 0 Å². The van der Waals surface area contributed by atoms with Crippen LogP contribution in [-0.4, -0.2) is 34.3 Å². The Balaban J connectivity index is 2.27. The van der Waals surface area contributed by atoms with E-state index in [-0.39, 0.29) is 12.6 Å². The number of nitrogen functional groups attached to an aromatic ring is 1. The van der Waals surface area contributed by atoms with Crippen LogP contribution < -0.4 is 10.6 Å². The van der Waals surface area contributed by atoms with Crippen LogP contribution >= 0.6 is 0 Å². The molecular weight excluding hydrogens is 216 g/mol. The molecule has 1 aliphatic heterocycles. The molecule has 0 saturated carbocycles. The first-order chi connectivity index (χ1) is 8.24. The van der Waals surface area contributed by atoms with Crippen LogP contribution in [0.2, 0.25) is 0 Å². The number of hydrogen-bond donors (Lipinski definition) is 2. The molecule has 3 N–H and O–H groups in total. The molecular formula is C12H20N4O. The predicted molar refractivity (Wildman–Crippen MR) is 67.9 cm³/mol. The lowest BCUT2D eigenvalue weighted by Gasteiger charge is -2.35. The second-order valence-corrected chi connectivity index (χ2v) is 4.45. The van der Waals surface area contributed by atoms with Crippen LogP contribution in [0.15, 0.2) is 6.07 Å². The van der Waals surface area contributed by atoms with Crippen molar-refractivity contribution in [2.24, 2.45) is 0 Å². The van der Waals surface area contributed by atoms with Crippen molar-refractivity contribution in [3.63, 3.8) is 0 Å². The zero-order valence-corrected chi connectivity index (χ0v) is 10.3. The lowest BCUT2D eigenvalue weighted by Crippen LogP contribution is -2.42. The van der Waals surface area contributed by atoms with Gasteiger partial charge in [0.2, 0.25) is 0 Å². The fourth-order valence-corrected chi connectivity index (χ4v) is 2.30. The van der Waals surface area contributed by atoms with E-state index in [1.54, 1.807) is 6.07 Å². The van der Waals surface area contributed by atoms with Crippen molar-refractivity contribution in [3.05, 3.63) is 11.9 Å². The zero-order chi connectivity index (χ0) is 12.3. The van der Waals surface area contributed by atoms with E-state index in [0.29, 0.717) is 5.82 Å². The number of nitrogens with two attached hydrogens (primary N) is 1. The average Bonchev–Trinajstić information content (AvgIpc) is 2.37. The van der Waals surface area contributed by atoms with Gasteiger partial charge in [0, 0.05) is 19.0 Å². The van der Waals surface area contributed by atoms with Crippen LogP contribution in [0.1, 0.15) is 32.0 Å². The average molecular weight is 236 g/mol. The molecule has 0 spiro atoms. The van der Waals surface area contributed by atoms with Crippen molar-refractivity contribution < 1.29 is 5.11 Å². The highest BCUT2D eigenvalue weighted by Gasteiger charge is 2.23. The Hall–Kier alpha value is -1.36. The monoisotopic (exact) mass is 236 g/mol. The smallest absolute Gasteiger partial charge is 0.134 e. The first-order valence-corrected chi connectivity index (χ1v) is 6.25. The summed E-state index contributed by atoms with van der Waals surface area (Å²) in [5, 5.41) is 9.40. The number of anilines is 2. The largest absolute Gasteiger partial charge is 0.394 e. The molecule has 94 valence electrons. The summed E-state index contributed by atoms with van der Waals surface area (Å²) in [7, 11) is 0.